The SMILES string of the molecule is NC(=O)C(CCC=CC(=O)NC1CC1)NC(=O)c1cnc2ccc(OC(F)(F)F)cc2c1O. The van der Waals surface area contributed by atoms with Gasteiger partial charge in [-0.1, -0.05) is 6.08 Å². The van der Waals surface area contributed by atoms with E-state index in [9.17, 15) is 32.7 Å². The van der Waals surface area contributed by atoms with Gasteiger partial charge in [0, 0.05) is 17.6 Å². The van der Waals surface area contributed by atoms with Crippen molar-refractivity contribution in [2.75, 3.05) is 0 Å². The maximum Gasteiger partial charge on any atom is 0.573 e. The number of rotatable bonds is 9. The van der Waals surface area contributed by atoms with E-state index in [0.29, 0.717) is 0 Å². The van der Waals surface area contributed by atoms with Crippen LogP contribution in [0.25, 0.3) is 10.9 Å². The average Bonchev–Trinajstić information content (AvgIpc) is 3.53. The second kappa shape index (κ2) is 9.76. The third kappa shape index (κ3) is 6.82. The number of pyridine rings is 1. The van der Waals surface area contributed by atoms with Crippen molar-refractivity contribution in [1.82, 2.24) is 15.6 Å². The topological polar surface area (TPSA) is 144 Å². The van der Waals surface area contributed by atoms with E-state index in [4.69, 9.17) is 5.73 Å². The Kier molecular flexibility index (Phi) is 7.04. The lowest BCUT2D eigenvalue weighted by molar-refractivity contribution is -0.274. The molecule has 12 heteroatoms. The van der Waals surface area contributed by atoms with Crippen LogP contribution in [-0.4, -0.2) is 46.3 Å². The zero-order valence-corrected chi connectivity index (χ0v) is 17.2. The number of nitrogens with two attached hydrogens (primary N) is 1. The average molecular weight is 466 g/mol. The van der Waals surface area contributed by atoms with Crippen molar-refractivity contribution < 1.29 is 37.4 Å². The van der Waals surface area contributed by atoms with Crippen molar-refractivity contribution in [3.63, 3.8) is 0 Å². The van der Waals surface area contributed by atoms with Crippen LogP contribution in [0.5, 0.6) is 11.5 Å². The van der Waals surface area contributed by atoms with Crippen LogP contribution >= 0.6 is 0 Å². The summed E-state index contributed by atoms with van der Waals surface area (Å²) in [6, 6.07) is 2.19. The standard InChI is InChI=1S/C21H21F3N4O5/c22-21(23,24)33-12-7-8-15-13(9-12)18(30)14(10-26-15)20(32)28-16(19(25)31)3-1-2-4-17(29)27-11-5-6-11/h2,4,7-11,16H,1,3,5-6H2,(H2,25,31)(H,26,30)(H,27,29)(H,28,32). The quantitative estimate of drug-likeness (QED) is 0.417. The maximum absolute atomic E-state index is 12.6. The third-order valence-corrected chi connectivity index (χ3v) is 4.75. The highest BCUT2D eigenvalue weighted by atomic mass is 19.4. The Morgan fingerprint density at radius 3 is 2.67 bits per heavy atom. The summed E-state index contributed by atoms with van der Waals surface area (Å²) in [4.78, 5) is 39.9. The molecule has 1 aromatic heterocycles. The fraction of sp³-hybridized carbons (Fsp3) is 0.333. The van der Waals surface area contributed by atoms with Gasteiger partial charge in [0.05, 0.1) is 5.52 Å². The first kappa shape index (κ1) is 23.8. The summed E-state index contributed by atoms with van der Waals surface area (Å²) < 4.78 is 41.2. The minimum atomic E-state index is -4.94. The Balaban J connectivity index is 1.68. The van der Waals surface area contributed by atoms with Gasteiger partial charge < -0.3 is 26.2 Å². The summed E-state index contributed by atoms with van der Waals surface area (Å²) in [5.74, 6) is -3.23. The van der Waals surface area contributed by atoms with Gasteiger partial charge in [-0.3, -0.25) is 19.4 Å². The molecule has 3 rings (SSSR count). The number of allylic oxidation sites excluding steroid dienone is 1. The second-order valence-corrected chi connectivity index (χ2v) is 7.44. The molecule has 2 aromatic rings. The molecule has 0 aliphatic heterocycles. The first-order valence-corrected chi connectivity index (χ1v) is 9.98. The molecule has 0 spiro atoms. The van der Waals surface area contributed by atoms with E-state index >= 15 is 0 Å². The molecule has 1 aromatic carbocycles. The number of primary amides is 1. The Bertz CT molecular complexity index is 1100. The van der Waals surface area contributed by atoms with Crippen LogP contribution in [0.3, 0.4) is 0 Å². The molecule has 33 heavy (non-hydrogen) atoms. The molecule has 1 heterocycles. The molecule has 0 radical (unpaired) electrons. The van der Waals surface area contributed by atoms with Crippen molar-refractivity contribution in [2.45, 2.75) is 44.1 Å². The number of amides is 3. The number of hydrogen-bond acceptors (Lipinski definition) is 6. The minimum absolute atomic E-state index is 0.0830. The van der Waals surface area contributed by atoms with Crippen LogP contribution < -0.4 is 21.1 Å². The third-order valence-electron chi connectivity index (χ3n) is 4.75. The van der Waals surface area contributed by atoms with Crippen molar-refractivity contribution in [3.05, 3.63) is 42.1 Å². The molecular weight excluding hydrogens is 445 g/mol. The van der Waals surface area contributed by atoms with Gasteiger partial charge in [-0.15, -0.1) is 13.2 Å². The fourth-order valence-corrected chi connectivity index (χ4v) is 2.97. The van der Waals surface area contributed by atoms with E-state index < -0.39 is 35.7 Å². The summed E-state index contributed by atoms with van der Waals surface area (Å²) in [7, 11) is 0. The Hall–Kier alpha value is -3.83. The van der Waals surface area contributed by atoms with Crippen LogP contribution in [0.1, 0.15) is 36.0 Å². The van der Waals surface area contributed by atoms with Crippen molar-refractivity contribution in [2.24, 2.45) is 5.73 Å². The van der Waals surface area contributed by atoms with Gasteiger partial charge in [0.25, 0.3) is 5.91 Å². The number of halogens is 3. The molecule has 1 atom stereocenters. The number of aromatic nitrogens is 1. The van der Waals surface area contributed by atoms with Crippen molar-refractivity contribution in [3.8, 4) is 11.5 Å². The Labute approximate surface area is 185 Å². The van der Waals surface area contributed by atoms with Gasteiger partial charge in [0.2, 0.25) is 11.8 Å². The zero-order chi connectivity index (χ0) is 24.2. The number of ether oxygens (including phenoxy) is 1. The molecular formula is C21H21F3N4O5. The van der Waals surface area contributed by atoms with Gasteiger partial charge in [0.15, 0.2) is 0 Å². The van der Waals surface area contributed by atoms with E-state index in [1.54, 1.807) is 0 Å². The lowest BCUT2D eigenvalue weighted by Gasteiger charge is -2.16. The highest BCUT2D eigenvalue weighted by Crippen LogP contribution is 2.32. The lowest BCUT2D eigenvalue weighted by atomic mass is 10.1. The predicted octanol–water partition coefficient (Wildman–Crippen LogP) is 2.04. The molecule has 1 aliphatic carbocycles. The van der Waals surface area contributed by atoms with E-state index in [2.05, 4.69) is 20.4 Å². The Morgan fingerprint density at radius 1 is 1.30 bits per heavy atom. The van der Waals surface area contributed by atoms with Gasteiger partial charge >= 0.3 is 6.36 Å². The molecule has 0 saturated heterocycles. The molecule has 3 amide bonds. The summed E-state index contributed by atoms with van der Waals surface area (Å²) in [6.45, 7) is 0. The molecule has 1 fully saturated rings. The molecule has 0 bridgehead atoms. The largest absolute Gasteiger partial charge is 0.573 e. The van der Waals surface area contributed by atoms with Crippen LogP contribution in [0.15, 0.2) is 36.5 Å². The number of hydrogen-bond donors (Lipinski definition) is 4. The highest BCUT2D eigenvalue weighted by molar-refractivity contribution is 6.03. The fourth-order valence-electron chi connectivity index (χ4n) is 2.97. The van der Waals surface area contributed by atoms with Gasteiger partial charge in [-0.25, -0.2) is 0 Å². The van der Waals surface area contributed by atoms with E-state index in [1.165, 1.54) is 18.2 Å². The maximum atomic E-state index is 12.6. The summed E-state index contributed by atoms with van der Waals surface area (Å²) >= 11 is 0. The summed E-state index contributed by atoms with van der Waals surface area (Å²) in [6.07, 6.45) is 1.19. The van der Waals surface area contributed by atoms with E-state index in [0.717, 1.165) is 31.2 Å². The molecule has 5 N–H and O–H groups in total. The number of benzene rings is 1. The molecule has 1 unspecified atom stereocenters. The number of aromatic hydroxyl groups is 1. The number of nitrogens with one attached hydrogen (secondary N) is 2. The number of carbonyl (C=O) groups is 3. The Morgan fingerprint density at radius 2 is 2.03 bits per heavy atom. The zero-order valence-electron chi connectivity index (χ0n) is 17.2. The monoisotopic (exact) mass is 466 g/mol. The van der Waals surface area contributed by atoms with Crippen LogP contribution in [0, 0.1) is 0 Å². The number of alkyl halides is 3. The molecule has 9 nitrogen and oxygen atoms in total. The van der Waals surface area contributed by atoms with Crippen LogP contribution in [-0.2, 0) is 9.59 Å². The van der Waals surface area contributed by atoms with Crippen LogP contribution in [0.4, 0.5) is 13.2 Å². The van der Waals surface area contributed by atoms with Gasteiger partial charge in [-0.2, -0.15) is 0 Å². The van der Waals surface area contributed by atoms with Crippen molar-refractivity contribution >= 4 is 28.6 Å². The first-order chi connectivity index (χ1) is 15.5. The number of fused-ring (bicyclic) bond motifs is 1. The predicted molar refractivity (Wildman–Crippen MR) is 110 cm³/mol. The van der Waals surface area contributed by atoms with Crippen LogP contribution in [0.2, 0.25) is 0 Å². The minimum Gasteiger partial charge on any atom is -0.506 e. The van der Waals surface area contributed by atoms with E-state index in [1.807, 2.05) is 0 Å². The smallest absolute Gasteiger partial charge is 0.506 e. The molecule has 176 valence electrons. The summed E-state index contributed by atoms with van der Waals surface area (Å²) in [5.41, 5.74) is 5.09. The lowest BCUT2D eigenvalue weighted by Crippen LogP contribution is -2.44. The molecule has 1 aliphatic rings. The summed E-state index contributed by atoms with van der Waals surface area (Å²) in [5, 5.41) is 15.4. The normalized spacial score (nSPS) is 14.8. The van der Waals surface area contributed by atoms with Crippen molar-refractivity contribution in [1.29, 1.82) is 0 Å². The van der Waals surface area contributed by atoms with Gasteiger partial charge in [-0.05, 0) is 50.0 Å². The highest BCUT2D eigenvalue weighted by Gasteiger charge is 2.31. The second-order valence-electron chi connectivity index (χ2n) is 7.44. The molecule has 1 saturated carbocycles. The van der Waals surface area contributed by atoms with Gasteiger partial charge in [0.1, 0.15) is 23.1 Å². The first-order valence-electron chi connectivity index (χ1n) is 9.98. The van der Waals surface area contributed by atoms with E-state index in [-0.39, 0.29) is 41.3 Å². The number of carbonyl (C=O) groups excluding carboxylic acids is 3. The number of nitrogens with zero attached hydrogens (tertiary/aromatic N) is 1.